The summed E-state index contributed by atoms with van der Waals surface area (Å²) >= 11 is 0. The first-order chi connectivity index (χ1) is 12.1. The normalized spacial score (nSPS) is 29.6. The topological polar surface area (TPSA) is 0 Å². The second kappa shape index (κ2) is 10.3. The zero-order valence-electron chi connectivity index (χ0n) is 17.0. The molecule has 0 amide bonds. The number of benzene rings is 1. The van der Waals surface area contributed by atoms with Gasteiger partial charge in [0.1, 0.15) is 5.82 Å². The van der Waals surface area contributed by atoms with Crippen molar-refractivity contribution < 1.29 is 4.39 Å². The minimum Gasteiger partial charge on any atom is -0.207 e. The molecule has 2 aliphatic rings. The maximum atomic E-state index is 13.6. The molecule has 0 aliphatic heterocycles. The Morgan fingerprint density at radius 1 is 0.880 bits per heavy atom. The largest absolute Gasteiger partial charge is 0.207 e. The van der Waals surface area contributed by atoms with Gasteiger partial charge in [-0.3, -0.25) is 0 Å². The molecule has 1 heteroatoms. The van der Waals surface area contributed by atoms with Crippen LogP contribution in [0.1, 0.15) is 89.7 Å². The molecule has 0 radical (unpaired) electrons. The van der Waals surface area contributed by atoms with Crippen LogP contribution in [-0.4, -0.2) is 0 Å². The summed E-state index contributed by atoms with van der Waals surface area (Å²) in [6.07, 6.45) is 13.9. The molecule has 0 saturated heterocycles. The van der Waals surface area contributed by atoms with Crippen molar-refractivity contribution in [3.8, 4) is 0 Å². The molecule has 0 aromatic heterocycles. The molecule has 1 aromatic carbocycles. The summed E-state index contributed by atoms with van der Waals surface area (Å²) in [7, 11) is 0. The minimum atomic E-state index is -0.0438. The molecule has 25 heavy (non-hydrogen) atoms. The van der Waals surface area contributed by atoms with Crippen LogP contribution in [-0.2, 0) is 6.42 Å². The molecule has 0 bridgehead atoms. The van der Waals surface area contributed by atoms with Crippen LogP contribution in [0.2, 0.25) is 0 Å². The molecule has 2 aliphatic carbocycles. The van der Waals surface area contributed by atoms with Gasteiger partial charge < -0.3 is 0 Å². The van der Waals surface area contributed by atoms with Gasteiger partial charge in [-0.25, -0.2) is 4.39 Å². The van der Waals surface area contributed by atoms with E-state index >= 15 is 0 Å². The molecule has 142 valence electrons. The van der Waals surface area contributed by atoms with Crippen molar-refractivity contribution in [2.45, 2.75) is 91.9 Å². The van der Waals surface area contributed by atoms with Gasteiger partial charge in [0, 0.05) is 0 Å². The van der Waals surface area contributed by atoms with Gasteiger partial charge in [0.05, 0.1) is 0 Å². The van der Waals surface area contributed by atoms with E-state index in [1.807, 2.05) is 26.8 Å². The van der Waals surface area contributed by atoms with E-state index in [0.717, 1.165) is 35.7 Å². The molecule has 2 fully saturated rings. The SMILES string of the molecule is CC.Cc1ccc(CCC2CCC(C3CCC(C)CC3)CC2)cc1F. The highest BCUT2D eigenvalue weighted by Crippen LogP contribution is 2.42. The van der Waals surface area contributed by atoms with Gasteiger partial charge >= 0.3 is 0 Å². The first-order valence-electron chi connectivity index (χ1n) is 10.9. The summed E-state index contributed by atoms with van der Waals surface area (Å²) in [6, 6.07) is 5.77. The zero-order valence-corrected chi connectivity index (χ0v) is 17.0. The fraction of sp³-hybridized carbons (Fsp3) is 0.750. The second-order valence-electron chi connectivity index (χ2n) is 8.42. The lowest BCUT2D eigenvalue weighted by Gasteiger charge is -2.37. The lowest BCUT2D eigenvalue weighted by atomic mass is 9.69. The smallest absolute Gasteiger partial charge is 0.126 e. The Morgan fingerprint density at radius 3 is 2.00 bits per heavy atom. The summed E-state index contributed by atoms with van der Waals surface area (Å²) in [5, 5.41) is 0. The third-order valence-corrected chi connectivity index (χ3v) is 6.70. The van der Waals surface area contributed by atoms with Crippen LogP contribution in [0.4, 0.5) is 4.39 Å². The number of halogens is 1. The van der Waals surface area contributed by atoms with Gasteiger partial charge in [-0.2, -0.15) is 0 Å². The Balaban J connectivity index is 0.00000109. The lowest BCUT2D eigenvalue weighted by Crippen LogP contribution is -2.25. The van der Waals surface area contributed by atoms with Gasteiger partial charge in [0.2, 0.25) is 0 Å². The maximum Gasteiger partial charge on any atom is 0.126 e. The van der Waals surface area contributed by atoms with Crippen LogP contribution < -0.4 is 0 Å². The van der Waals surface area contributed by atoms with Gasteiger partial charge in [0.15, 0.2) is 0 Å². The minimum absolute atomic E-state index is 0.0438. The summed E-state index contributed by atoms with van der Waals surface area (Å²) in [4.78, 5) is 0. The summed E-state index contributed by atoms with van der Waals surface area (Å²) < 4.78 is 13.6. The molecule has 0 N–H and O–H groups in total. The molecule has 0 heterocycles. The number of rotatable bonds is 4. The average molecular weight is 347 g/mol. The van der Waals surface area contributed by atoms with Crippen LogP contribution in [0.25, 0.3) is 0 Å². The third-order valence-electron chi connectivity index (χ3n) is 6.70. The number of aryl methyl sites for hydroxylation is 2. The van der Waals surface area contributed by atoms with Crippen molar-refractivity contribution in [3.05, 3.63) is 35.1 Å². The monoisotopic (exact) mass is 346 g/mol. The highest BCUT2D eigenvalue weighted by Gasteiger charge is 2.29. The highest BCUT2D eigenvalue weighted by molar-refractivity contribution is 5.23. The zero-order chi connectivity index (χ0) is 18.2. The molecular formula is C24H39F. The lowest BCUT2D eigenvalue weighted by molar-refractivity contribution is 0.148. The van der Waals surface area contributed by atoms with Crippen molar-refractivity contribution in [1.82, 2.24) is 0 Å². The van der Waals surface area contributed by atoms with E-state index in [2.05, 4.69) is 13.0 Å². The molecular weight excluding hydrogens is 307 g/mol. The van der Waals surface area contributed by atoms with Crippen molar-refractivity contribution in [2.24, 2.45) is 23.7 Å². The van der Waals surface area contributed by atoms with Gasteiger partial charge in [-0.1, -0.05) is 58.6 Å². The van der Waals surface area contributed by atoms with Gasteiger partial charge in [0.25, 0.3) is 0 Å². The van der Waals surface area contributed by atoms with Crippen LogP contribution in [0.3, 0.4) is 0 Å². The van der Waals surface area contributed by atoms with Gasteiger partial charge in [-0.05, 0) is 86.3 Å². The number of hydrogen-bond donors (Lipinski definition) is 0. The molecule has 1 aromatic rings. The fourth-order valence-electron chi connectivity index (χ4n) is 4.87. The average Bonchev–Trinajstić information content (AvgIpc) is 2.65. The molecule has 2 saturated carbocycles. The number of hydrogen-bond acceptors (Lipinski definition) is 0. The van der Waals surface area contributed by atoms with Crippen molar-refractivity contribution >= 4 is 0 Å². The van der Waals surface area contributed by atoms with Crippen LogP contribution in [0.5, 0.6) is 0 Å². The first-order valence-corrected chi connectivity index (χ1v) is 10.9. The maximum absolute atomic E-state index is 13.6. The second-order valence-corrected chi connectivity index (χ2v) is 8.42. The van der Waals surface area contributed by atoms with E-state index in [1.54, 1.807) is 6.07 Å². The van der Waals surface area contributed by atoms with E-state index < -0.39 is 0 Å². The Morgan fingerprint density at radius 2 is 1.44 bits per heavy atom. The van der Waals surface area contributed by atoms with E-state index in [4.69, 9.17) is 0 Å². The van der Waals surface area contributed by atoms with E-state index in [-0.39, 0.29) is 5.82 Å². The molecule has 0 nitrogen and oxygen atoms in total. The fourth-order valence-corrected chi connectivity index (χ4v) is 4.87. The van der Waals surface area contributed by atoms with Crippen molar-refractivity contribution in [1.29, 1.82) is 0 Å². The molecule has 0 unspecified atom stereocenters. The van der Waals surface area contributed by atoms with Crippen molar-refractivity contribution in [3.63, 3.8) is 0 Å². The van der Waals surface area contributed by atoms with Crippen LogP contribution in [0.15, 0.2) is 18.2 Å². The van der Waals surface area contributed by atoms with Crippen LogP contribution >= 0.6 is 0 Å². The Kier molecular flexibility index (Phi) is 8.46. The quantitative estimate of drug-likeness (QED) is 0.523. The van der Waals surface area contributed by atoms with Gasteiger partial charge in [-0.15, -0.1) is 0 Å². The van der Waals surface area contributed by atoms with Crippen molar-refractivity contribution in [2.75, 3.05) is 0 Å². The summed E-state index contributed by atoms with van der Waals surface area (Å²) in [5.41, 5.74) is 1.94. The van der Waals surface area contributed by atoms with E-state index in [9.17, 15) is 4.39 Å². The van der Waals surface area contributed by atoms with E-state index in [0.29, 0.717) is 0 Å². The standard InChI is InChI=1S/C22H33F.C2H6/c1-16-3-11-20(12-4-16)21-13-9-18(10-14-21)7-8-19-6-5-17(2)22(23)15-19;1-2/h5-6,15-16,18,20-21H,3-4,7-14H2,1-2H3;1-2H3. The Labute approximate surface area is 155 Å². The summed E-state index contributed by atoms with van der Waals surface area (Å²) in [5.74, 6) is 3.84. The predicted molar refractivity (Wildman–Crippen MR) is 107 cm³/mol. The van der Waals surface area contributed by atoms with Crippen LogP contribution in [0, 0.1) is 36.4 Å². The molecule has 0 spiro atoms. The third kappa shape index (κ3) is 6.12. The molecule has 3 rings (SSSR count). The Hall–Kier alpha value is -0.850. The highest BCUT2D eigenvalue weighted by atomic mass is 19.1. The molecule has 0 atom stereocenters. The Bertz CT molecular complexity index is 491. The predicted octanol–water partition coefficient (Wildman–Crippen LogP) is 7.73. The summed E-state index contributed by atoms with van der Waals surface area (Å²) in [6.45, 7) is 8.26. The first kappa shape index (κ1) is 20.5. The van der Waals surface area contributed by atoms with E-state index in [1.165, 1.54) is 63.4 Å².